The van der Waals surface area contributed by atoms with Crippen molar-refractivity contribution in [2.75, 3.05) is 11.9 Å². The van der Waals surface area contributed by atoms with E-state index in [0.29, 0.717) is 5.56 Å². The summed E-state index contributed by atoms with van der Waals surface area (Å²) in [5.41, 5.74) is 1.37. The first-order valence-electron chi connectivity index (χ1n) is 7.62. The van der Waals surface area contributed by atoms with E-state index in [4.69, 9.17) is 0 Å². The number of anilines is 1. The summed E-state index contributed by atoms with van der Waals surface area (Å²) in [6.45, 7) is 9.30. The molecule has 0 radical (unpaired) electrons. The van der Waals surface area contributed by atoms with Gasteiger partial charge in [-0.25, -0.2) is 0 Å². The van der Waals surface area contributed by atoms with Crippen LogP contribution in [0.1, 0.15) is 63.7 Å². The van der Waals surface area contributed by atoms with Crippen molar-refractivity contribution >= 4 is 11.6 Å². The first-order valence-corrected chi connectivity index (χ1v) is 7.62. The van der Waals surface area contributed by atoms with Gasteiger partial charge in [-0.05, 0) is 31.7 Å². The van der Waals surface area contributed by atoms with Gasteiger partial charge in [0, 0.05) is 18.3 Å². The summed E-state index contributed by atoms with van der Waals surface area (Å²) in [6.07, 6.45) is 7.21. The molecule has 4 heteroatoms. The Balaban J connectivity index is 2.91. The molecule has 0 aliphatic heterocycles. The molecule has 0 fully saturated rings. The summed E-state index contributed by atoms with van der Waals surface area (Å²) in [6, 6.07) is 1.78. The summed E-state index contributed by atoms with van der Waals surface area (Å²) >= 11 is 0. The highest BCUT2D eigenvalue weighted by atomic mass is 16.1. The maximum atomic E-state index is 12.5. The Kier molecular flexibility index (Phi) is 6.49. The summed E-state index contributed by atoms with van der Waals surface area (Å²) in [5.74, 6) is -0.0171. The number of nitrogens with zero attached hydrogens (tertiary/aromatic N) is 1. The van der Waals surface area contributed by atoms with Crippen LogP contribution in [0.3, 0.4) is 0 Å². The van der Waals surface area contributed by atoms with Crippen LogP contribution in [0.2, 0.25) is 0 Å². The van der Waals surface area contributed by atoms with Gasteiger partial charge in [-0.3, -0.25) is 9.78 Å². The third kappa shape index (κ3) is 3.95. The number of pyridine rings is 1. The van der Waals surface area contributed by atoms with Crippen molar-refractivity contribution in [3.05, 3.63) is 24.0 Å². The lowest BCUT2D eigenvalue weighted by Gasteiger charge is -2.32. The molecule has 1 heterocycles. The van der Waals surface area contributed by atoms with Gasteiger partial charge in [0.2, 0.25) is 0 Å². The smallest absolute Gasteiger partial charge is 0.253 e. The number of hydrogen-bond donors (Lipinski definition) is 2. The summed E-state index contributed by atoms with van der Waals surface area (Å²) in [4.78, 5) is 16.6. The van der Waals surface area contributed by atoms with Crippen molar-refractivity contribution < 1.29 is 4.79 Å². The SMILES string of the molecule is CCCNc1cnccc1C(=O)NC(CC)(CC)CC. The molecule has 1 amide bonds. The van der Waals surface area contributed by atoms with Crippen molar-refractivity contribution in [2.24, 2.45) is 0 Å². The van der Waals surface area contributed by atoms with E-state index in [1.54, 1.807) is 18.5 Å². The van der Waals surface area contributed by atoms with Crippen LogP contribution >= 0.6 is 0 Å². The number of carbonyl (C=O) groups is 1. The quantitative estimate of drug-likeness (QED) is 0.763. The molecule has 0 bridgehead atoms. The molecule has 0 aromatic carbocycles. The Labute approximate surface area is 122 Å². The lowest BCUT2D eigenvalue weighted by molar-refractivity contribution is 0.0889. The maximum absolute atomic E-state index is 12.5. The van der Waals surface area contributed by atoms with Crippen LogP contribution in [0.5, 0.6) is 0 Å². The largest absolute Gasteiger partial charge is 0.383 e. The van der Waals surface area contributed by atoms with Crippen LogP contribution in [0.25, 0.3) is 0 Å². The summed E-state index contributed by atoms with van der Waals surface area (Å²) in [7, 11) is 0. The minimum absolute atomic E-state index is 0.0171. The zero-order valence-electron chi connectivity index (χ0n) is 13.1. The van der Waals surface area contributed by atoms with Crippen LogP contribution in [-0.2, 0) is 0 Å². The first-order chi connectivity index (χ1) is 9.62. The highest BCUT2D eigenvalue weighted by Gasteiger charge is 2.27. The van der Waals surface area contributed by atoms with Crippen molar-refractivity contribution in [1.82, 2.24) is 10.3 Å². The lowest BCUT2D eigenvalue weighted by Crippen LogP contribution is -2.47. The van der Waals surface area contributed by atoms with Crippen LogP contribution < -0.4 is 10.6 Å². The average Bonchev–Trinajstić information content (AvgIpc) is 2.51. The molecule has 4 nitrogen and oxygen atoms in total. The van der Waals surface area contributed by atoms with E-state index >= 15 is 0 Å². The molecule has 1 aromatic rings. The van der Waals surface area contributed by atoms with Gasteiger partial charge in [0.15, 0.2) is 0 Å². The fourth-order valence-corrected chi connectivity index (χ4v) is 2.32. The number of carbonyl (C=O) groups excluding carboxylic acids is 1. The van der Waals surface area contributed by atoms with E-state index in [1.165, 1.54) is 0 Å². The Morgan fingerprint density at radius 2 is 1.85 bits per heavy atom. The van der Waals surface area contributed by atoms with Gasteiger partial charge in [-0.15, -0.1) is 0 Å². The molecule has 0 unspecified atom stereocenters. The first kappa shape index (κ1) is 16.5. The molecular weight excluding hydrogens is 250 g/mol. The molecule has 0 aliphatic carbocycles. The average molecular weight is 277 g/mol. The minimum atomic E-state index is -0.109. The van der Waals surface area contributed by atoms with E-state index in [0.717, 1.165) is 37.9 Å². The van der Waals surface area contributed by atoms with E-state index in [2.05, 4.69) is 43.3 Å². The van der Waals surface area contributed by atoms with Crippen LogP contribution in [0.15, 0.2) is 18.5 Å². The molecule has 0 aliphatic rings. The number of hydrogen-bond acceptors (Lipinski definition) is 3. The fraction of sp³-hybridized carbons (Fsp3) is 0.625. The van der Waals surface area contributed by atoms with E-state index in [1.807, 2.05) is 0 Å². The molecule has 0 spiro atoms. The number of rotatable bonds is 8. The molecule has 1 rings (SSSR count). The van der Waals surface area contributed by atoms with Gasteiger partial charge in [-0.1, -0.05) is 27.7 Å². The van der Waals surface area contributed by atoms with E-state index in [9.17, 15) is 4.79 Å². The van der Waals surface area contributed by atoms with Crippen molar-refractivity contribution in [3.63, 3.8) is 0 Å². The number of aromatic nitrogens is 1. The van der Waals surface area contributed by atoms with Crippen LogP contribution in [-0.4, -0.2) is 23.0 Å². The molecule has 112 valence electrons. The second-order valence-corrected chi connectivity index (χ2v) is 5.14. The normalized spacial score (nSPS) is 11.2. The molecule has 2 N–H and O–H groups in total. The molecule has 0 atom stereocenters. The topological polar surface area (TPSA) is 54.0 Å². The predicted molar refractivity (Wildman–Crippen MR) is 84.1 cm³/mol. The third-order valence-corrected chi connectivity index (χ3v) is 4.04. The molecule has 1 aromatic heterocycles. The Morgan fingerprint density at radius 1 is 1.20 bits per heavy atom. The van der Waals surface area contributed by atoms with Gasteiger partial charge in [0.25, 0.3) is 5.91 Å². The minimum Gasteiger partial charge on any atom is -0.383 e. The zero-order valence-corrected chi connectivity index (χ0v) is 13.1. The van der Waals surface area contributed by atoms with Crippen LogP contribution in [0.4, 0.5) is 5.69 Å². The molecule has 0 saturated heterocycles. The number of amides is 1. The van der Waals surface area contributed by atoms with E-state index < -0.39 is 0 Å². The van der Waals surface area contributed by atoms with Crippen molar-refractivity contribution in [1.29, 1.82) is 0 Å². The maximum Gasteiger partial charge on any atom is 0.253 e. The molecule has 0 saturated carbocycles. The van der Waals surface area contributed by atoms with Crippen LogP contribution in [0, 0.1) is 0 Å². The van der Waals surface area contributed by atoms with Gasteiger partial charge in [-0.2, -0.15) is 0 Å². The van der Waals surface area contributed by atoms with Gasteiger partial charge >= 0.3 is 0 Å². The van der Waals surface area contributed by atoms with Gasteiger partial charge in [0.1, 0.15) is 0 Å². The Bertz CT molecular complexity index is 419. The third-order valence-electron chi connectivity index (χ3n) is 4.04. The Morgan fingerprint density at radius 3 is 2.40 bits per heavy atom. The fourth-order valence-electron chi connectivity index (χ4n) is 2.32. The van der Waals surface area contributed by atoms with Gasteiger partial charge in [0.05, 0.1) is 17.4 Å². The number of nitrogens with one attached hydrogen (secondary N) is 2. The second kappa shape index (κ2) is 7.88. The predicted octanol–water partition coefficient (Wildman–Crippen LogP) is 3.60. The Hall–Kier alpha value is -1.58. The highest BCUT2D eigenvalue weighted by molar-refractivity contribution is 5.99. The van der Waals surface area contributed by atoms with Gasteiger partial charge < -0.3 is 10.6 Å². The van der Waals surface area contributed by atoms with E-state index in [-0.39, 0.29) is 11.4 Å². The second-order valence-electron chi connectivity index (χ2n) is 5.14. The molecule has 20 heavy (non-hydrogen) atoms. The standard InChI is InChI=1S/C16H27N3O/c1-5-10-18-14-12-17-11-9-13(14)15(20)19-16(6-2,7-3)8-4/h9,11-12,18H,5-8,10H2,1-4H3,(H,19,20). The summed E-state index contributed by atoms with van der Waals surface area (Å²) < 4.78 is 0. The highest BCUT2D eigenvalue weighted by Crippen LogP contribution is 2.21. The van der Waals surface area contributed by atoms with Crippen molar-refractivity contribution in [3.8, 4) is 0 Å². The molecular formula is C16H27N3O. The summed E-state index contributed by atoms with van der Waals surface area (Å²) in [5, 5.41) is 6.47. The zero-order chi connectivity index (χ0) is 15.0. The van der Waals surface area contributed by atoms with Crippen molar-refractivity contribution in [2.45, 2.75) is 58.9 Å². The monoisotopic (exact) mass is 277 g/mol. The lowest BCUT2D eigenvalue weighted by atomic mass is 9.89.